The summed E-state index contributed by atoms with van der Waals surface area (Å²) in [4.78, 5) is 51.6. The Balaban J connectivity index is 0.998. The molecule has 1 fully saturated rings. The molecular formula is C42H53NO9. The van der Waals surface area contributed by atoms with Gasteiger partial charge in [0.05, 0.1) is 37.2 Å². The molecule has 1 heterocycles. The molecule has 280 valence electrons. The summed E-state index contributed by atoms with van der Waals surface area (Å²) in [6, 6.07) is 20.5. The average molecular weight is 716 g/mol. The highest BCUT2D eigenvalue weighted by atomic mass is 16.6. The van der Waals surface area contributed by atoms with E-state index in [1.54, 1.807) is 60.7 Å². The molecule has 3 aromatic rings. The fourth-order valence-corrected chi connectivity index (χ4v) is 6.10. The topological polar surface area (TPSA) is 118 Å². The number of aryl methyl sites for hydroxylation is 1. The van der Waals surface area contributed by atoms with Gasteiger partial charge >= 0.3 is 23.9 Å². The highest BCUT2D eigenvalue weighted by Gasteiger charge is 2.38. The van der Waals surface area contributed by atoms with Crippen LogP contribution in [0.15, 0.2) is 72.8 Å². The summed E-state index contributed by atoms with van der Waals surface area (Å²) in [5, 5.41) is 0. The number of nitrogens with zero attached hydrogens (tertiary/aromatic N) is 1. The van der Waals surface area contributed by atoms with E-state index in [1.807, 2.05) is 19.1 Å². The maximum Gasteiger partial charge on any atom is 0.343 e. The number of rotatable bonds is 18. The minimum atomic E-state index is -0.507. The van der Waals surface area contributed by atoms with Crippen LogP contribution >= 0.6 is 0 Å². The van der Waals surface area contributed by atoms with Crippen molar-refractivity contribution < 1.29 is 42.9 Å². The molecule has 3 aromatic carbocycles. The van der Waals surface area contributed by atoms with Gasteiger partial charge in [0.2, 0.25) is 0 Å². The van der Waals surface area contributed by atoms with Gasteiger partial charge in [0.15, 0.2) is 0 Å². The third kappa shape index (κ3) is 13.1. The van der Waals surface area contributed by atoms with Crippen LogP contribution in [0.25, 0.3) is 0 Å². The predicted molar refractivity (Wildman–Crippen MR) is 198 cm³/mol. The van der Waals surface area contributed by atoms with Crippen LogP contribution in [-0.2, 0) is 19.1 Å². The minimum Gasteiger partial charge on any atom is -0.494 e. The van der Waals surface area contributed by atoms with E-state index in [2.05, 4.69) is 32.7 Å². The van der Waals surface area contributed by atoms with Crippen LogP contribution in [0.1, 0.15) is 111 Å². The summed E-state index contributed by atoms with van der Waals surface area (Å²) in [7, 11) is 2.10. The molecule has 10 nitrogen and oxygen atoms in total. The summed E-state index contributed by atoms with van der Waals surface area (Å²) in [6.07, 6.45) is 7.31. The number of likely N-dealkylation sites (tertiary alicyclic amines) is 1. The van der Waals surface area contributed by atoms with Crippen LogP contribution in [0.3, 0.4) is 0 Å². The van der Waals surface area contributed by atoms with E-state index in [1.165, 1.54) is 0 Å². The number of benzene rings is 3. The Hall–Kier alpha value is -4.70. The van der Waals surface area contributed by atoms with Crippen molar-refractivity contribution in [1.82, 2.24) is 4.90 Å². The second-order valence-electron chi connectivity index (χ2n) is 14.2. The van der Waals surface area contributed by atoms with E-state index in [-0.39, 0.29) is 36.4 Å². The van der Waals surface area contributed by atoms with Crippen molar-refractivity contribution in [3.8, 4) is 17.2 Å². The molecule has 1 aliphatic heterocycles. The first-order valence-corrected chi connectivity index (χ1v) is 18.3. The van der Waals surface area contributed by atoms with Crippen molar-refractivity contribution in [3.05, 3.63) is 89.5 Å². The molecule has 52 heavy (non-hydrogen) atoms. The van der Waals surface area contributed by atoms with Crippen LogP contribution in [-0.4, -0.2) is 66.7 Å². The van der Waals surface area contributed by atoms with Crippen molar-refractivity contribution in [2.45, 2.75) is 110 Å². The lowest BCUT2D eigenvalue weighted by Gasteiger charge is -2.47. The van der Waals surface area contributed by atoms with E-state index in [0.717, 1.165) is 56.9 Å². The molecular weight excluding hydrogens is 662 g/mol. The van der Waals surface area contributed by atoms with Gasteiger partial charge in [-0.2, -0.15) is 0 Å². The van der Waals surface area contributed by atoms with Gasteiger partial charge in [0.25, 0.3) is 0 Å². The number of unbranched alkanes of at least 4 members (excludes halogenated alkanes) is 5. The Labute approximate surface area is 307 Å². The quantitative estimate of drug-likeness (QED) is 0.0724. The maximum atomic E-state index is 12.6. The number of carbonyl (C=O) groups excluding carboxylic acids is 4. The van der Waals surface area contributed by atoms with Crippen LogP contribution < -0.4 is 14.2 Å². The molecule has 0 spiro atoms. The Kier molecular flexibility index (Phi) is 15.2. The maximum absolute atomic E-state index is 12.6. The molecule has 0 radical (unpaired) electrons. The Morgan fingerprint density at radius 1 is 0.673 bits per heavy atom. The number of hydrogen-bond donors (Lipinski definition) is 0. The first-order valence-electron chi connectivity index (χ1n) is 18.3. The van der Waals surface area contributed by atoms with Gasteiger partial charge in [-0.1, -0.05) is 43.4 Å². The molecule has 10 heteroatoms. The van der Waals surface area contributed by atoms with Gasteiger partial charge in [-0.15, -0.1) is 0 Å². The van der Waals surface area contributed by atoms with Gasteiger partial charge in [0, 0.05) is 18.0 Å². The highest BCUT2D eigenvalue weighted by molar-refractivity contribution is 5.92. The van der Waals surface area contributed by atoms with E-state index in [0.29, 0.717) is 47.6 Å². The third-order valence-corrected chi connectivity index (χ3v) is 9.47. The smallest absolute Gasteiger partial charge is 0.343 e. The van der Waals surface area contributed by atoms with Gasteiger partial charge in [-0.05, 0) is 115 Å². The van der Waals surface area contributed by atoms with Gasteiger partial charge in [0.1, 0.15) is 23.4 Å². The molecule has 0 bridgehead atoms. The standard InChI is InChI=1S/C42H53NO9/c1-30-12-14-32(15-13-30)40(46)51-35-20-22-36(23-21-35)52-41(47)33-16-18-34(19-17-33)48-26-10-8-6-7-9-11-27-49-38(44)24-25-39(45)50-37-28-31(2)43(5)42(3,4)29-37/h12-23,31,37H,6-11,24-29H2,1-5H3. The highest BCUT2D eigenvalue weighted by Crippen LogP contribution is 2.32. The molecule has 1 aliphatic rings. The molecule has 2 unspecified atom stereocenters. The molecule has 4 rings (SSSR count). The fourth-order valence-electron chi connectivity index (χ4n) is 6.10. The Bertz CT molecular complexity index is 1600. The zero-order valence-electron chi connectivity index (χ0n) is 31.2. The summed E-state index contributed by atoms with van der Waals surface area (Å²) in [5.74, 6) is -0.314. The van der Waals surface area contributed by atoms with Crippen molar-refractivity contribution >= 4 is 23.9 Å². The van der Waals surface area contributed by atoms with Crippen molar-refractivity contribution in [3.63, 3.8) is 0 Å². The normalized spacial score (nSPS) is 16.8. The number of ether oxygens (including phenoxy) is 5. The third-order valence-electron chi connectivity index (χ3n) is 9.47. The summed E-state index contributed by atoms with van der Waals surface area (Å²) >= 11 is 0. The summed E-state index contributed by atoms with van der Waals surface area (Å²) < 4.78 is 27.7. The molecule has 0 aliphatic carbocycles. The average Bonchev–Trinajstić information content (AvgIpc) is 3.11. The second-order valence-corrected chi connectivity index (χ2v) is 14.2. The molecule has 0 amide bonds. The largest absolute Gasteiger partial charge is 0.494 e. The lowest BCUT2D eigenvalue weighted by molar-refractivity contribution is -0.158. The molecule has 1 saturated heterocycles. The molecule has 0 N–H and O–H groups in total. The Morgan fingerprint density at radius 2 is 1.15 bits per heavy atom. The lowest BCUT2D eigenvalue weighted by Crippen LogP contribution is -2.54. The number of hydrogen-bond acceptors (Lipinski definition) is 10. The van der Waals surface area contributed by atoms with Crippen molar-refractivity contribution in [1.29, 1.82) is 0 Å². The SMILES string of the molecule is Cc1ccc(C(=O)Oc2ccc(OC(=O)c3ccc(OCCCCCCCCOC(=O)CCC(=O)OC4CC(C)N(C)C(C)(C)C4)cc3)cc2)cc1. The van der Waals surface area contributed by atoms with Crippen molar-refractivity contribution in [2.75, 3.05) is 20.3 Å². The number of carbonyl (C=O) groups is 4. The molecule has 2 atom stereocenters. The second kappa shape index (κ2) is 19.8. The van der Waals surface area contributed by atoms with E-state index >= 15 is 0 Å². The number of piperidine rings is 1. The monoisotopic (exact) mass is 715 g/mol. The van der Waals surface area contributed by atoms with Crippen LogP contribution in [0, 0.1) is 6.92 Å². The van der Waals surface area contributed by atoms with Crippen LogP contribution in [0.2, 0.25) is 0 Å². The zero-order valence-corrected chi connectivity index (χ0v) is 31.2. The van der Waals surface area contributed by atoms with E-state index < -0.39 is 11.9 Å². The van der Waals surface area contributed by atoms with Gasteiger partial charge < -0.3 is 23.7 Å². The Morgan fingerprint density at radius 3 is 1.71 bits per heavy atom. The summed E-state index contributed by atoms with van der Waals surface area (Å²) in [6.45, 7) is 9.32. The van der Waals surface area contributed by atoms with E-state index in [9.17, 15) is 19.2 Å². The first kappa shape index (κ1) is 40.1. The molecule has 0 saturated carbocycles. The zero-order chi connectivity index (χ0) is 37.5. The molecule has 0 aromatic heterocycles. The van der Waals surface area contributed by atoms with Crippen LogP contribution in [0.5, 0.6) is 17.2 Å². The minimum absolute atomic E-state index is 0.0353. The van der Waals surface area contributed by atoms with E-state index in [4.69, 9.17) is 23.7 Å². The fraction of sp³-hybridized carbons (Fsp3) is 0.476. The van der Waals surface area contributed by atoms with Crippen LogP contribution in [0.4, 0.5) is 0 Å². The first-order chi connectivity index (χ1) is 24.9. The number of esters is 4. The predicted octanol–water partition coefficient (Wildman–Crippen LogP) is 8.28. The van der Waals surface area contributed by atoms with Gasteiger partial charge in [-0.3, -0.25) is 14.5 Å². The van der Waals surface area contributed by atoms with Gasteiger partial charge in [-0.25, -0.2) is 9.59 Å². The summed E-state index contributed by atoms with van der Waals surface area (Å²) in [5.41, 5.74) is 1.86. The van der Waals surface area contributed by atoms with Crippen molar-refractivity contribution in [2.24, 2.45) is 0 Å². The lowest BCUT2D eigenvalue weighted by atomic mass is 9.85.